The van der Waals surface area contributed by atoms with Gasteiger partial charge in [0.2, 0.25) is 6.33 Å². The molecule has 100 valence electrons. The van der Waals surface area contributed by atoms with Gasteiger partial charge >= 0.3 is 0 Å². The highest BCUT2D eigenvalue weighted by Gasteiger charge is 2.09. The average Bonchev–Trinajstić information content (AvgIpc) is 2.82. The predicted molar refractivity (Wildman–Crippen MR) is 66.1 cm³/mol. The number of aliphatic hydroxyl groups is 1. The first-order chi connectivity index (χ1) is 9.19. The van der Waals surface area contributed by atoms with E-state index >= 15 is 0 Å². The van der Waals surface area contributed by atoms with E-state index < -0.39 is 0 Å². The molecule has 1 heterocycles. The Morgan fingerprint density at radius 1 is 1.47 bits per heavy atom. The van der Waals surface area contributed by atoms with Crippen LogP contribution in [0.15, 0.2) is 36.9 Å². The fraction of sp³-hybridized carbons (Fsp3) is 0.250. The molecule has 0 saturated heterocycles. The van der Waals surface area contributed by atoms with Crippen LogP contribution in [0.1, 0.15) is 10.4 Å². The molecule has 1 aromatic heterocycles. The van der Waals surface area contributed by atoms with E-state index in [2.05, 4.69) is 10.5 Å². The second-order valence-electron chi connectivity index (χ2n) is 3.86. The highest BCUT2D eigenvalue weighted by Crippen LogP contribution is 2.11. The molecule has 19 heavy (non-hydrogen) atoms. The zero-order valence-electron chi connectivity index (χ0n) is 10.5. The first kappa shape index (κ1) is 13.0. The van der Waals surface area contributed by atoms with Gasteiger partial charge in [-0.3, -0.25) is 4.79 Å². The van der Waals surface area contributed by atoms with Gasteiger partial charge < -0.3 is 9.84 Å². The third kappa shape index (κ3) is 3.52. The number of benzene rings is 1. The molecular weight excluding hydrogens is 248 g/mol. The molecule has 0 unspecified atom stereocenters. The predicted octanol–water partition coefficient (Wildman–Crippen LogP) is -0.537. The van der Waals surface area contributed by atoms with E-state index in [-0.39, 0.29) is 19.1 Å². The number of amides is 1. The first-order valence-corrected chi connectivity index (χ1v) is 5.74. The third-order valence-corrected chi connectivity index (χ3v) is 2.36. The van der Waals surface area contributed by atoms with Crippen LogP contribution >= 0.6 is 0 Å². The number of hydrogen-bond donors (Lipinski definition) is 2. The molecular formula is C12H15N4O3+. The topological polar surface area (TPSA) is 80.3 Å². The Kier molecular flexibility index (Phi) is 4.09. The van der Waals surface area contributed by atoms with Gasteiger partial charge in [0.15, 0.2) is 0 Å². The van der Waals surface area contributed by atoms with Gasteiger partial charge in [0, 0.05) is 10.7 Å². The molecule has 0 bridgehead atoms. The van der Waals surface area contributed by atoms with Crippen molar-refractivity contribution in [3.8, 4) is 5.75 Å². The van der Waals surface area contributed by atoms with Gasteiger partial charge in [-0.05, 0) is 24.3 Å². The van der Waals surface area contributed by atoms with Crippen LogP contribution in [0.25, 0.3) is 0 Å². The Morgan fingerprint density at radius 3 is 2.79 bits per heavy atom. The smallest absolute Gasteiger partial charge is 0.287 e. The lowest BCUT2D eigenvalue weighted by atomic mass is 10.2. The van der Waals surface area contributed by atoms with Crippen LogP contribution in [-0.2, 0) is 7.05 Å². The number of nitrogens with zero attached hydrogens (tertiary/aromatic N) is 3. The van der Waals surface area contributed by atoms with Gasteiger partial charge in [-0.25, -0.2) is 5.43 Å². The van der Waals surface area contributed by atoms with E-state index in [1.54, 1.807) is 42.3 Å². The largest absolute Gasteiger partial charge is 0.491 e. The number of aliphatic hydroxyl groups excluding tert-OH is 1. The Bertz CT molecular complexity index is 550. The molecule has 1 aromatic carbocycles. The second kappa shape index (κ2) is 5.96. The molecule has 1 amide bonds. The Balaban J connectivity index is 1.99. The normalized spacial score (nSPS) is 10.2. The Hall–Kier alpha value is -2.41. The minimum Gasteiger partial charge on any atom is -0.491 e. The molecule has 2 aromatic rings. The van der Waals surface area contributed by atoms with E-state index in [9.17, 15) is 4.79 Å². The molecule has 0 aliphatic carbocycles. The molecule has 2 rings (SSSR count). The highest BCUT2D eigenvalue weighted by atomic mass is 16.5. The summed E-state index contributed by atoms with van der Waals surface area (Å²) in [5.41, 5.74) is 3.16. The Labute approximate surface area is 110 Å². The van der Waals surface area contributed by atoms with Crippen LogP contribution in [0.3, 0.4) is 0 Å². The number of carbonyl (C=O) groups is 1. The molecule has 0 saturated carbocycles. The minimum atomic E-state index is -0.244. The van der Waals surface area contributed by atoms with E-state index in [0.717, 1.165) is 0 Å². The van der Waals surface area contributed by atoms with Gasteiger partial charge in [0.05, 0.1) is 13.7 Å². The standard InChI is InChI=1S/C12H14N4O3/c1-15-9-16(8-13-15)14-12(18)10-2-4-11(5-3-10)19-7-6-17/h2-5,8-9,17H,6-7H2,1H3/p+1. The Morgan fingerprint density at radius 2 is 2.21 bits per heavy atom. The van der Waals surface area contributed by atoms with Crippen LogP contribution < -0.4 is 14.8 Å². The first-order valence-electron chi connectivity index (χ1n) is 5.74. The lowest BCUT2D eigenvalue weighted by Gasteiger charge is -2.05. The molecule has 7 heteroatoms. The number of aromatic nitrogens is 3. The molecule has 0 aliphatic heterocycles. The van der Waals surface area contributed by atoms with Crippen molar-refractivity contribution < 1.29 is 19.3 Å². The number of aryl methyl sites for hydroxylation is 1. The summed E-state index contributed by atoms with van der Waals surface area (Å²) in [5.74, 6) is 0.367. The molecule has 2 N–H and O–H groups in total. The second-order valence-corrected chi connectivity index (χ2v) is 3.86. The van der Waals surface area contributed by atoms with E-state index in [4.69, 9.17) is 9.84 Å². The summed E-state index contributed by atoms with van der Waals surface area (Å²) in [5, 5.41) is 12.6. The summed E-state index contributed by atoms with van der Waals surface area (Å²) in [6, 6.07) is 6.66. The van der Waals surface area contributed by atoms with Crippen LogP contribution in [0.2, 0.25) is 0 Å². The van der Waals surface area contributed by atoms with Gasteiger partial charge in [0.25, 0.3) is 12.2 Å². The zero-order chi connectivity index (χ0) is 13.7. The maximum atomic E-state index is 11.9. The van der Waals surface area contributed by atoms with Crippen molar-refractivity contribution in [2.45, 2.75) is 0 Å². The SMILES string of the molecule is Cn1c[n+](NC(=O)c2ccc(OCCO)cc2)cn1. The highest BCUT2D eigenvalue weighted by molar-refractivity contribution is 5.98. The minimum absolute atomic E-state index is 0.0418. The van der Waals surface area contributed by atoms with Gasteiger partial charge in [-0.15, -0.1) is 9.36 Å². The maximum absolute atomic E-state index is 11.9. The van der Waals surface area contributed by atoms with E-state index in [0.29, 0.717) is 11.3 Å². The molecule has 0 radical (unpaired) electrons. The number of nitrogens with one attached hydrogen (secondary N) is 1. The van der Waals surface area contributed by atoms with Crippen molar-refractivity contribution in [1.82, 2.24) is 9.78 Å². The van der Waals surface area contributed by atoms with Gasteiger partial charge in [-0.2, -0.15) is 0 Å². The van der Waals surface area contributed by atoms with Crippen molar-refractivity contribution in [1.29, 1.82) is 0 Å². The summed E-state index contributed by atoms with van der Waals surface area (Å²) >= 11 is 0. The fourth-order valence-corrected chi connectivity index (χ4v) is 1.48. The number of hydrogen-bond acceptors (Lipinski definition) is 4. The van der Waals surface area contributed by atoms with Gasteiger partial charge in [-0.1, -0.05) is 0 Å². The molecule has 0 atom stereocenters. The van der Waals surface area contributed by atoms with Gasteiger partial charge in [0.1, 0.15) is 12.4 Å². The maximum Gasteiger partial charge on any atom is 0.287 e. The number of rotatable bonds is 5. The van der Waals surface area contributed by atoms with Crippen LogP contribution in [0.4, 0.5) is 0 Å². The third-order valence-electron chi connectivity index (χ3n) is 2.36. The van der Waals surface area contributed by atoms with Crippen molar-refractivity contribution in [3.05, 3.63) is 42.5 Å². The molecule has 0 fully saturated rings. The van der Waals surface area contributed by atoms with Crippen LogP contribution in [0.5, 0.6) is 5.75 Å². The van der Waals surface area contributed by atoms with Crippen molar-refractivity contribution in [2.75, 3.05) is 18.6 Å². The molecule has 7 nitrogen and oxygen atoms in total. The van der Waals surface area contributed by atoms with E-state index in [1.165, 1.54) is 11.0 Å². The van der Waals surface area contributed by atoms with Crippen LogP contribution in [0, 0.1) is 0 Å². The lowest BCUT2D eigenvalue weighted by Crippen LogP contribution is -2.46. The van der Waals surface area contributed by atoms with Crippen molar-refractivity contribution in [3.63, 3.8) is 0 Å². The summed E-state index contributed by atoms with van der Waals surface area (Å²) in [6.07, 6.45) is 3.13. The lowest BCUT2D eigenvalue weighted by molar-refractivity contribution is -0.642. The van der Waals surface area contributed by atoms with Crippen molar-refractivity contribution >= 4 is 5.91 Å². The average molecular weight is 263 g/mol. The van der Waals surface area contributed by atoms with Crippen LogP contribution in [-0.4, -0.2) is 34.0 Å². The summed E-state index contributed by atoms with van der Waals surface area (Å²) < 4.78 is 8.26. The zero-order valence-corrected chi connectivity index (χ0v) is 10.5. The molecule has 0 spiro atoms. The van der Waals surface area contributed by atoms with E-state index in [1.807, 2.05) is 0 Å². The summed E-state index contributed by atoms with van der Waals surface area (Å²) in [6.45, 7) is 0.191. The summed E-state index contributed by atoms with van der Waals surface area (Å²) in [7, 11) is 1.76. The monoisotopic (exact) mass is 263 g/mol. The molecule has 0 aliphatic rings. The number of ether oxygens (including phenoxy) is 1. The summed E-state index contributed by atoms with van der Waals surface area (Å²) in [4.78, 5) is 11.9. The van der Waals surface area contributed by atoms with Crippen molar-refractivity contribution in [2.24, 2.45) is 7.05 Å². The quantitative estimate of drug-likeness (QED) is 0.710. The fourth-order valence-electron chi connectivity index (χ4n) is 1.48. The number of carbonyl (C=O) groups excluding carboxylic acids is 1.